The first-order valence-corrected chi connectivity index (χ1v) is 5.95. The maximum Gasteiger partial charge on any atom is 0.213 e. The molecule has 3 nitrogen and oxygen atoms in total. The van der Waals surface area contributed by atoms with Crippen molar-refractivity contribution in [1.29, 1.82) is 0 Å². The Kier molecular flexibility index (Phi) is 3.98. The van der Waals surface area contributed by atoms with E-state index in [2.05, 4.69) is 20.9 Å². The van der Waals surface area contributed by atoms with Crippen molar-refractivity contribution < 1.29 is 9.47 Å². The third-order valence-electron chi connectivity index (χ3n) is 2.19. The molecule has 0 unspecified atom stereocenters. The Bertz CT molecular complexity index is 485. The zero-order chi connectivity index (χ0) is 12.1. The third kappa shape index (κ3) is 3.46. The van der Waals surface area contributed by atoms with Gasteiger partial charge in [0.15, 0.2) is 0 Å². The van der Waals surface area contributed by atoms with Crippen molar-refractivity contribution >= 4 is 15.9 Å². The number of nitrogens with zero attached hydrogens (tertiary/aromatic N) is 1. The first-order valence-electron chi connectivity index (χ1n) is 5.16. The maximum absolute atomic E-state index is 5.61. The molecule has 0 saturated carbocycles. The van der Waals surface area contributed by atoms with Gasteiger partial charge in [0.25, 0.3) is 0 Å². The largest absolute Gasteiger partial charge is 0.487 e. The van der Waals surface area contributed by atoms with Gasteiger partial charge in [-0.3, -0.25) is 0 Å². The molecule has 4 heteroatoms. The quantitative estimate of drug-likeness (QED) is 0.865. The summed E-state index contributed by atoms with van der Waals surface area (Å²) in [5, 5.41) is 0. The van der Waals surface area contributed by atoms with Crippen LogP contribution in [0.15, 0.2) is 46.9 Å². The van der Waals surface area contributed by atoms with Gasteiger partial charge in [0.1, 0.15) is 12.4 Å². The van der Waals surface area contributed by atoms with Gasteiger partial charge >= 0.3 is 0 Å². The summed E-state index contributed by atoms with van der Waals surface area (Å²) >= 11 is 3.38. The second kappa shape index (κ2) is 5.68. The number of benzene rings is 1. The van der Waals surface area contributed by atoms with Crippen LogP contribution in [0.25, 0.3) is 0 Å². The van der Waals surface area contributed by atoms with E-state index < -0.39 is 0 Å². The lowest BCUT2D eigenvalue weighted by Gasteiger charge is -2.06. The number of rotatable bonds is 4. The zero-order valence-electron chi connectivity index (χ0n) is 9.39. The lowest BCUT2D eigenvalue weighted by molar-refractivity contribution is 0.298. The molecular formula is C13H12BrNO2. The van der Waals surface area contributed by atoms with Crippen LogP contribution < -0.4 is 9.47 Å². The fourth-order valence-corrected chi connectivity index (χ4v) is 1.60. The normalized spacial score (nSPS) is 10.0. The van der Waals surface area contributed by atoms with Gasteiger partial charge in [-0.1, -0.05) is 22.0 Å². The van der Waals surface area contributed by atoms with Crippen LogP contribution in [0.5, 0.6) is 11.6 Å². The second-order valence-electron chi connectivity index (χ2n) is 3.41. The molecule has 0 aliphatic heterocycles. The van der Waals surface area contributed by atoms with E-state index in [-0.39, 0.29) is 0 Å². The van der Waals surface area contributed by atoms with Gasteiger partial charge < -0.3 is 9.47 Å². The first kappa shape index (κ1) is 11.9. The van der Waals surface area contributed by atoms with E-state index in [9.17, 15) is 0 Å². The van der Waals surface area contributed by atoms with Crippen LogP contribution in [0.2, 0.25) is 0 Å². The lowest BCUT2D eigenvalue weighted by atomic mass is 10.3. The van der Waals surface area contributed by atoms with Crippen molar-refractivity contribution in [3.63, 3.8) is 0 Å². The smallest absolute Gasteiger partial charge is 0.213 e. The molecule has 0 amide bonds. The van der Waals surface area contributed by atoms with Gasteiger partial charge in [-0.15, -0.1) is 0 Å². The number of pyridine rings is 1. The van der Waals surface area contributed by atoms with E-state index in [1.54, 1.807) is 7.11 Å². The number of methoxy groups -OCH3 is 1. The minimum atomic E-state index is 0.429. The molecule has 1 aromatic carbocycles. The lowest BCUT2D eigenvalue weighted by Crippen LogP contribution is -1.99. The van der Waals surface area contributed by atoms with Crippen LogP contribution in [0.4, 0.5) is 0 Å². The van der Waals surface area contributed by atoms with E-state index in [0.717, 1.165) is 15.9 Å². The van der Waals surface area contributed by atoms with Gasteiger partial charge in [0, 0.05) is 10.5 Å². The number of aromatic nitrogens is 1. The average Bonchev–Trinajstić information content (AvgIpc) is 2.38. The van der Waals surface area contributed by atoms with Crippen molar-refractivity contribution in [3.05, 3.63) is 52.6 Å². The summed E-state index contributed by atoms with van der Waals surface area (Å²) in [6.07, 6.45) is 0. The molecule has 1 heterocycles. The molecule has 0 aliphatic carbocycles. The molecule has 17 heavy (non-hydrogen) atoms. The molecule has 0 bridgehead atoms. The molecule has 0 atom stereocenters. The highest BCUT2D eigenvalue weighted by molar-refractivity contribution is 9.10. The zero-order valence-corrected chi connectivity index (χ0v) is 11.0. The Morgan fingerprint density at radius 3 is 2.59 bits per heavy atom. The Morgan fingerprint density at radius 1 is 1.12 bits per heavy atom. The summed E-state index contributed by atoms with van der Waals surface area (Å²) in [7, 11) is 1.60. The van der Waals surface area contributed by atoms with Crippen LogP contribution in [0.1, 0.15) is 5.69 Å². The Labute approximate surface area is 109 Å². The number of halogens is 1. The summed E-state index contributed by atoms with van der Waals surface area (Å²) in [5.41, 5.74) is 0.840. The second-order valence-corrected chi connectivity index (χ2v) is 4.33. The Morgan fingerprint density at radius 2 is 1.88 bits per heavy atom. The molecule has 0 spiro atoms. The molecule has 2 rings (SSSR count). The molecule has 1 aromatic heterocycles. The predicted molar refractivity (Wildman–Crippen MR) is 69.3 cm³/mol. The molecule has 0 radical (unpaired) electrons. The molecule has 0 N–H and O–H groups in total. The topological polar surface area (TPSA) is 31.4 Å². The summed E-state index contributed by atoms with van der Waals surface area (Å²) < 4.78 is 11.7. The standard InChI is InChI=1S/C13H12BrNO2/c1-16-13-4-2-3-11(15-13)9-17-12-7-5-10(14)6-8-12/h2-8H,9H2,1H3. The first-order chi connectivity index (χ1) is 8.28. The predicted octanol–water partition coefficient (Wildman–Crippen LogP) is 3.43. The highest BCUT2D eigenvalue weighted by atomic mass is 79.9. The third-order valence-corrected chi connectivity index (χ3v) is 2.72. The van der Waals surface area contributed by atoms with Gasteiger partial charge in [-0.25, -0.2) is 4.98 Å². The van der Waals surface area contributed by atoms with E-state index in [1.807, 2.05) is 42.5 Å². The van der Waals surface area contributed by atoms with Gasteiger partial charge in [0.05, 0.1) is 12.8 Å². The molecule has 0 saturated heterocycles. The number of hydrogen-bond donors (Lipinski definition) is 0. The molecule has 88 valence electrons. The van der Waals surface area contributed by atoms with Crippen LogP contribution >= 0.6 is 15.9 Å². The van der Waals surface area contributed by atoms with Crippen molar-refractivity contribution in [3.8, 4) is 11.6 Å². The van der Waals surface area contributed by atoms with Crippen LogP contribution in [-0.2, 0) is 6.61 Å². The minimum Gasteiger partial charge on any atom is -0.487 e. The summed E-state index contributed by atoms with van der Waals surface area (Å²) in [4.78, 5) is 4.27. The molecule has 0 aliphatic rings. The van der Waals surface area contributed by atoms with E-state index in [1.165, 1.54) is 0 Å². The minimum absolute atomic E-state index is 0.429. The number of ether oxygens (including phenoxy) is 2. The molecule has 2 aromatic rings. The van der Waals surface area contributed by atoms with E-state index in [4.69, 9.17) is 9.47 Å². The van der Waals surface area contributed by atoms with Crippen molar-refractivity contribution in [2.24, 2.45) is 0 Å². The van der Waals surface area contributed by atoms with Crippen molar-refractivity contribution in [1.82, 2.24) is 4.98 Å². The maximum atomic E-state index is 5.61. The molecular weight excluding hydrogens is 282 g/mol. The summed E-state index contributed by atoms with van der Waals surface area (Å²) in [6, 6.07) is 13.3. The van der Waals surface area contributed by atoms with Gasteiger partial charge in [0.2, 0.25) is 5.88 Å². The fraction of sp³-hybridized carbons (Fsp3) is 0.154. The van der Waals surface area contributed by atoms with Crippen LogP contribution in [0, 0.1) is 0 Å². The highest BCUT2D eigenvalue weighted by Crippen LogP contribution is 2.17. The summed E-state index contributed by atoms with van der Waals surface area (Å²) in [6.45, 7) is 0.429. The van der Waals surface area contributed by atoms with Gasteiger partial charge in [-0.2, -0.15) is 0 Å². The SMILES string of the molecule is COc1cccc(COc2ccc(Br)cc2)n1. The van der Waals surface area contributed by atoms with E-state index >= 15 is 0 Å². The highest BCUT2D eigenvalue weighted by Gasteiger charge is 1.99. The summed E-state index contributed by atoms with van der Waals surface area (Å²) in [5.74, 6) is 1.42. The van der Waals surface area contributed by atoms with Crippen LogP contribution in [0.3, 0.4) is 0 Å². The van der Waals surface area contributed by atoms with Crippen molar-refractivity contribution in [2.45, 2.75) is 6.61 Å². The average molecular weight is 294 g/mol. The van der Waals surface area contributed by atoms with Crippen LogP contribution in [-0.4, -0.2) is 12.1 Å². The van der Waals surface area contributed by atoms with Crippen molar-refractivity contribution in [2.75, 3.05) is 7.11 Å². The number of hydrogen-bond acceptors (Lipinski definition) is 3. The van der Waals surface area contributed by atoms with E-state index in [0.29, 0.717) is 12.5 Å². The fourth-order valence-electron chi connectivity index (χ4n) is 1.34. The van der Waals surface area contributed by atoms with Gasteiger partial charge in [-0.05, 0) is 30.3 Å². The molecule has 0 fully saturated rings. The Balaban J connectivity index is 1.99. The monoisotopic (exact) mass is 293 g/mol. The Hall–Kier alpha value is -1.55.